The monoisotopic (exact) mass is 477 g/mol. The standard InChI is InChI=1S/C23H28ClN3O4S/c1-4-13-27(18-5-7-19(31-3)8-6-18)32(29,30)20-9-10-22(24)21(16-20)23(28)25-17-11-14-26(2)15-12-17/h4-10,16-17H,1,11-15H2,2-3H3,(H,25,28). The molecule has 0 spiro atoms. The molecule has 9 heteroatoms. The summed E-state index contributed by atoms with van der Waals surface area (Å²) in [4.78, 5) is 15.1. The fourth-order valence-corrected chi connectivity index (χ4v) is 5.26. The van der Waals surface area contributed by atoms with Gasteiger partial charge < -0.3 is 15.0 Å². The molecule has 0 radical (unpaired) electrons. The molecule has 32 heavy (non-hydrogen) atoms. The van der Waals surface area contributed by atoms with Gasteiger partial charge in [0.05, 0.1) is 34.8 Å². The van der Waals surface area contributed by atoms with E-state index in [-0.39, 0.29) is 34.0 Å². The lowest BCUT2D eigenvalue weighted by Crippen LogP contribution is -2.43. The van der Waals surface area contributed by atoms with Crippen molar-refractivity contribution in [3.63, 3.8) is 0 Å². The molecule has 0 saturated carbocycles. The van der Waals surface area contributed by atoms with E-state index in [1.165, 1.54) is 28.6 Å². The van der Waals surface area contributed by atoms with Crippen LogP contribution in [-0.4, -0.2) is 59.1 Å². The van der Waals surface area contributed by atoms with E-state index >= 15 is 0 Å². The number of sulfonamides is 1. The Kier molecular flexibility index (Phi) is 7.82. The maximum Gasteiger partial charge on any atom is 0.264 e. The molecule has 2 aromatic rings. The van der Waals surface area contributed by atoms with Crippen molar-refractivity contribution in [3.8, 4) is 5.75 Å². The number of likely N-dealkylation sites (tertiary alicyclic amines) is 1. The van der Waals surface area contributed by atoms with E-state index < -0.39 is 10.0 Å². The molecule has 0 bridgehead atoms. The van der Waals surface area contributed by atoms with Gasteiger partial charge in [0.25, 0.3) is 15.9 Å². The highest BCUT2D eigenvalue weighted by Crippen LogP contribution is 2.28. The molecule has 2 aromatic carbocycles. The molecule has 1 saturated heterocycles. The summed E-state index contributed by atoms with van der Waals surface area (Å²) >= 11 is 6.27. The van der Waals surface area contributed by atoms with Gasteiger partial charge in [-0.1, -0.05) is 17.7 Å². The first-order valence-electron chi connectivity index (χ1n) is 10.3. The molecule has 1 amide bonds. The summed E-state index contributed by atoms with van der Waals surface area (Å²) in [6.45, 7) is 5.53. The Labute approximate surface area is 194 Å². The topological polar surface area (TPSA) is 78.9 Å². The Hall–Kier alpha value is -2.55. The van der Waals surface area contributed by atoms with Crippen LogP contribution in [-0.2, 0) is 10.0 Å². The van der Waals surface area contributed by atoms with Gasteiger partial charge in [-0.2, -0.15) is 0 Å². The van der Waals surface area contributed by atoms with Crippen LogP contribution in [0, 0.1) is 0 Å². The number of benzene rings is 2. The SMILES string of the molecule is C=CCN(c1ccc(OC)cc1)S(=O)(=O)c1ccc(Cl)c(C(=O)NC2CCN(C)CC2)c1. The lowest BCUT2D eigenvalue weighted by molar-refractivity contribution is 0.0917. The van der Waals surface area contributed by atoms with Gasteiger partial charge in [0, 0.05) is 6.04 Å². The van der Waals surface area contributed by atoms with E-state index in [1.54, 1.807) is 31.4 Å². The van der Waals surface area contributed by atoms with Crippen LogP contribution >= 0.6 is 11.6 Å². The van der Waals surface area contributed by atoms with E-state index in [2.05, 4.69) is 16.8 Å². The van der Waals surface area contributed by atoms with Crippen molar-refractivity contribution in [1.82, 2.24) is 10.2 Å². The molecule has 1 fully saturated rings. The Morgan fingerprint density at radius 2 is 1.91 bits per heavy atom. The van der Waals surface area contributed by atoms with Crippen molar-refractivity contribution in [1.29, 1.82) is 0 Å². The molecule has 1 N–H and O–H groups in total. The number of nitrogens with one attached hydrogen (secondary N) is 1. The van der Waals surface area contributed by atoms with Crippen LogP contribution in [0.15, 0.2) is 60.0 Å². The smallest absolute Gasteiger partial charge is 0.264 e. The summed E-state index contributed by atoms with van der Waals surface area (Å²) in [5.41, 5.74) is 0.595. The summed E-state index contributed by atoms with van der Waals surface area (Å²) in [5, 5.41) is 3.19. The summed E-state index contributed by atoms with van der Waals surface area (Å²) in [5.74, 6) is 0.241. The number of hydrogen-bond donors (Lipinski definition) is 1. The molecule has 1 heterocycles. The predicted octanol–water partition coefficient (Wildman–Crippen LogP) is 3.55. The number of carbonyl (C=O) groups excluding carboxylic acids is 1. The van der Waals surface area contributed by atoms with Crippen LogP contribution in [0.4, 0.5) is 5.69 Å². The van der Waals surface area contributed by atoms with E-state index in [0.29, 0.717) is 11.4 Å². The maximum absolute atomic E-state index is 13.5. The van der Waals surface area contributed by atoms with Crippen LogP contribution in [0.3, 0.4) is 0 Å². The molecule has 0 unspecified atom stereocenters. The van der Waals surface area contributed by atoms with Crippen LogP contribution < -0.4 is 14.4 Å². The lowest BCUT2D eigenvalue weighted by atomic mass is 10.0. The third kappa shape index (κ3) is 5.43. The molecule has 0 atom stereocenters. The minimum absolute atomic E-state index is 0.0203. The molecule has 0 aromatic heterocycles. The Bertz CT molecular complexity index is 1070. The molecular formula is C23H28ClN3O4S. The number of halogens is 1. The zero-order chi connectivity index (χ0) is 23.3. The van der Waals surface area contributed by atoms with Crippen molar-refractivity contribution in [2.45, 2.75) is 23.8 Å². The minimum atomic E-state index is -3.97. The van der Waals surface area contributed by atoms with Crippen LogP contribution in [0.5, 0.6) is 5.75 Å². The largest absolute Gasteiger partial charge is 0.497 e. The highest BCUT2D eigenvalue weighted by Gasteiger charge is 2.27. The second-order valence-electron chi connectivity index (χ2n) is 7.72. The number of piperidine rings is 1. The van der Waals surface area contributed by atoms with Crippen LogP contribution in [0.2, 0.25) is 5.02 Å². The van der Waals surface area contributed by atoms with Gasteiger partial charge in [0.1, 0.15) is 5.75 Å². The van der Waals surface area contributed by atoms with Crippen LogP contribution in [0.25, 0.3) is 0 Å². The number of nitrogens with zero attached hydrogens (tertiary/aromatic N) is 2. The van der Waals surface area contributed by atoms with Gasteiger partial charge in [-0.25, -0.2) is 8.42 Å². The first-order valence-corrected chi connectivity index (χ1v) is 12.1. The normalized spacial score (nSPS) is 15.2. The second kappa shape index (κ2) is 10.4. The van der Waals surface area contributed by atoms with E-state index in [1.807, 2.05) is 7.05 Å². The number of amides is 1. The average molecular weight is 478 g/mol. The van der Waals surface area contributed by atoms with Crippen LogP contribution in [0.1, 0.15) is 23.2 Å². The Morgan fingerprint density at radius 1 is 1.25 bits per heavy atom. The van der Waals surface area contributed by atoms with Crippen molar-refractivity contribution in [2.75, 3.05) is 38.1 Å². The Morgan fingerprint density at radius 3 is 2.50 bits per heavy atom. The molecule has 3 rings (SSSR count). The fraction of sp³-hybridized carbons (Fsp3) is 0.348. The molecule has 1 aliphatic rings. The first kappa shape index (κ1) is 24.1. The van der Waals surface area contributed by atoms with Gasteiger partial charge in [0.2, 0.25) is 0 Å². The van der Waals surface area contributed by atoms with Crippen molar-refractivity contribution in [3.05, 3.63) is 65.7 Å². The number of carbonyl (C=O) groups is 1. The summed E-state index contributed by atoms with van der Waals surface area (Å²) < 4.78 is 33.3. The molecular weight excluding hydrogens is 450 g/mol. The molecule has 1 aliphatic heterocycles. The number of hydrogen-bond acceptors (Lipinski definition) is 5. The average Bonchev–Trinajstić information content (AvgIpc) is 2.79. The van der Waals surface area contributed by atoms with Crippen molar-refractivity contribution in [2.24, 2.45) is 0 Å². The van der Waals surface area contributed by atoms with E-state index in [9.17, 15) is 13.2 Å². The molecule has 7 nitrogen and oxygen atoms in total. The van der Waals surface area contributed by atoms with Gasteiger partial charge in [-0.15, -0.1) is 6.58 Å². The van der Waals surface area contributed by atoms with E-state index in [0.717, 1.165) is 25.9 Å². The number of rotatable bonds is 8. The number of ether oxygens (including phenoxy) is 1. The van der Waals surface area contributed by atoms with Gasteiger partial charge in [0.15, 0.2) is 0 Å². The first-order chi connectivity index (χ1) is 15.3. The highest BCUT2D eigenvalue weighted by molar-refractivity contribution is 7.92. The summed E-state index contributed by atoms with van der Waals surface area (Å²) in [7, 11) is -0.390. The molecule has 172 valence electrons. The van der Waals surface area contributed by atoms with Gasteiger partial charge in [-0.3, -0.25) is 9.10 Å². The zero-order valence-electron chi connectivity index (χ0n) is 18.3. The van der Waals surface area contributed by atoms with Gasteiger partial charge >= 0.3 is 0 Å². The number of anilines is 1. The summed E-state index contributed by atoms with van der Waals surface area (Å²) in [6, 6.07) is 10.9. The Balaban J connectivity index is 1.89. The minimum Gasteiger partial charge on any atom is -0.497 e. The third-order valence-electron chi connectivity index (χ3n) is 5.48. The maximum atomic E-state index is 13.5. The molecule has 0 aliphatic carbocycles. The number of methoxy groups -OCH3 is 1. The van der Waals surface area contributed by atoms with Crippen molar-refractivity contribution >= 4 is 33.2 Å². The lowest BCUT2D eigenvalue weighted by Gasteiger charge is -2.29. The predicted molar refractivity (Wildman–Crippen MR) is 127 cm³/mol. The van der Waals surface area contributed by atoms with Gasteiger partial charge in [-0.05, 0) is 75.4 Å². The quantitative estimate of drug-likeness (QED) is 0.588. The zero-order valence-corrected chi connectivity index (χ0v) is 19.8. The van der Waals surface area contributed by atoms with Crippen molar-refractivity contribution < 1.29 is 17.9 Å². The third-order valence-corrected chi connectivity index (χ3v) is 7.60. The summed E-state index contributed by atoms with van der Waals surface area (Å²) in [6.07, 6.45) is 3.18. The van der Waals surface area contributed by atoms with E-state index in [4.69, 9.17) is 16.3 Å². The second-order valence-corrected chi connectivity index (χ2v) is 9.99. The fourth-order valence-electron chi connectivity index (χ4n) is 3.59. The highest BCUT2D eigenvalue weighted by atomic mass is 35.5.